The summed E-state index contributed by atoms with van der Waals surface area (Å²) in [6, 6.07) is 10.7. The van der Waals surface area contributed by atoms with Gasteiger partial charge in [-0.25, -0.2) is 17.5 Å². The zero-order valence-electron chi connectivity index (χ0n) is 14.6. The van der Waals surface area contributed by atoms with Gasteiger partial charge in [-0.05, 0) is 43.7 Å². The predicted molar refractivity (Wildman–Crippen MR) is 100 cm³/mol. The quantitative estimate of drug-likeness (QED) is 0.789. The van der Waals surface area contributed by atoms with Gasteiger partial charge in [-0.1, -0.05) is 23.7 Å². The highest BCUT2D eigenvalue weighted by Gasteiger charge is 2.40. The standard InChI is InChI=1S/C18H19ClN2O4S/c1-12(2)25-15-8-9-17-16(10-15)20(3)18(22)21(26(17,23)24)11-13-4-6-14(19)7-5-13/h4-10,12H,11H2,1-3H3. The van der Waals surface area contributed by atoms with Crippen LogP contribution in [0.25, 0.3) is 0 Å². The van der Waals surface area contributed by atoms with Gasteiger partial charge in [0.15, 0.2) is 0 Å². The third-order valence-corrected chi connectivity index (χ3v) is 5.99. The molecular formula is C18H19ClN2O4S. The molecule has 3 rings (SSSR count). The van der Waals surface area contributed by atoms with Crippen LogP contribution in [0.5, 0.6) is 5.75 Å². The lowest BCUT2D eigenvalue weighted by molar-refractivity contribution is 0.227. The number of carbonyl (C=O) groups excluding carboxylic acids is 1. The lowest BCUT2D eigenvalue weighted by atomic mass is 10.2. The van der Waals surface area contributed by atoms with Gasteiger partial charge in [-0.3, -0.25) is 4.90 Å². The number of halogens is 1. The predicted octanol–water partition coefficient (Wildman–Crippen LogP) is 3.89. The first kappa shape index (κ1) is 18.5. The molecule has 0 aromatic heterocycles. The van der Waals surface area contributed by atoms with E-state index in [9.17, 15) is 13.2 Å². The largest absolute Gasteiger partial charge is 0.491 e. The number of anilines is 1. The molecule has 2 aromatic carbocycles. The Morgan fingerprint density at radius 3 is 2.38 bits per heavy atom. The van der Waals surface area contributed by atoms with Crippen LogP contribution < -0.4 is 9.64 Å². The molecule has 0 saturated carbocycles. The number of nitrogens with zero attached hydrogens (tertiary/aromatic N) is 2. The molecule has 1 aliphatic rings. The summed E-state index contributed by atoms with van der Waals surface area (Å²) in [6.45, 7) is 3.68. The van der Waals surface area contributed by atoms with Crippen LogP contribution >= 0.6 is 11.6 Å². The molecule has 138 valence electrons. The van der Waals surface area contributed by atoms with E-state index in [1.165, 1.54) is 11.0 Å². The molecule has 0 aliphatic carbocycles. The van der Waals surface area contributed by atoms with E-state index >= 15 is 0 Å². The highest BCUT2D eigenvalue weighted by atomic mass is 35.5. The van der Waals surface area contributed by atoms with E-state index in [1.54, 1.807) is 43.4 Å². The first-order valence-corrected chi connectivity index (χ1v) is 9.87. The van der Waals surface area contributed by atoms with Crippen LogP contribution in [0.15, 0.2) is 47.4 Å². The van der Waals surface area contributed by atoms with Crippen LogP contribution in [0.1, 0.15) is 19.4 Å². The first-order valence-electron chi connectivity index (χ1n) is 8.05. The molecule has 0 spiro atoms. The number of hydrogen-bond acceptors (Lipinski definition) is 4. The zero-order valence-corrected chi connectivity index (χ0v) is 16.2. The summed E-state index contributed by atoms with van der Waals surface area (Å²) >= 11 is 5.86. The Hall–Kier alpha value is -2.25. The second-order valence-electron chi connectivity index (χ2n) is 6.28. The van der Waals surface area contributed by atoms with Crippen LogP contribution in [0.2, 0.25) is 5.02 Å². The smallest absolute Gasteiger partial charge is 0.338 e. The van der Waals surface area contributed by atoms with Crippen LogP contribution in [-0.4, -0.2) is 31.9 Å². The minimum Gasteiger partial charge on any atom is -0.491 e. The number of hydrogen-bond donors (Lipinski definition) is 0. The van der Waals surface area contributed by atoms with Crippen molar-refractivity contribution in [1.82, 2.24) is 4.31 Å². The van der Waals surface area contributed by atoms with Gasteiger partial charge in [0.05, 0.1) is 18.3 Å². The van der Waals surface area contributed by atoms with Gasteiger partial charge in [0.2, 0.25) is 0 Å². The summed E-state index contributed by atoms with van der Waals surface area (Å²) in [5.41, 5.74) is 0.975. The zero-order chi connectivity index (χ0) is 19.1. The molecule has 2 amide bonds. The van der Waals surface area contributed by atoms with E-state index in [2.05, 4.69) is 0 Å². The SMILES string of the molecule is CC(C)Oc1ccc2c(c1)N(C)C(=O)N(Cc1ccc(Cl)cc1)S2(=O)=O. The molecule has 0 bridgehead atoms. The fourth-order valence-electron chi connectivity index (χ4n) is 2.72. The minimum atomic E-state index is -3.96. The molecule has 0 saturated heterocycles. The normalized spacial score (nSPS) is 16.0. The number of sulfonamides is 1. The minimum absolute atomic E-state index is 0.0596. The molecule has 0 atom stereocenters. The van der Waals surface area contributed by atoms with Crippen molar-refractivity contribution in [2.75, 3.05) is 11.9 Å². The Morgan fingerprint density at radius 1 is 1.12 bits per heavy atom. The van der Waals surface area contributed by atoms with Crippen LogP contribution in [0, 0.1) is 0 Å². The third-order valence-electron chi connectivity index (χ3n) is 3.97. The molecular weight excluding hydrogens is 376 g/mol. The van der Waals surface area contributed by atoms with Crippen molar-refractivity contribution in [3.8, 4) is 5.75 Å². The van der Waals surface area contributed by atoms with Crippen molar-refractivity contribution in [2.45, 2.75) is 31.4 Å². The summed E-state index contributed by atoms with van der Waals surface area (Å²) in [6.07, 6.45) is -0.0596. The lowest BCUT2D eigenvalue weighted by Crippen LogP contribution is -2.48. The Morgan fingerprint density at radius 2 is 1.77 bits per heavy atom. The second-order valence-corrected chi connectivity index (χ2v) is 8.54. The van der Waals surface area contributed by atoms with Crippen LogP contribution in [-0.2, 0) is 16.6 Å². The molecule has 6 nitrogen and oxygen atoms in total. The van der Waals surface area contributed by atoms with Crippen molar-refractivity contribution in [1.29, 1.82) is 0 Å². The van der Waals surface area contributed by atoms with Gasteiger partial charge in [0, 0.05) is 18.1 Å². The average molecular weight is 395 g/mol. The fourth-order valence-corrected chi connectivity index (χ4v) is 4.43. The molecule has 2 aromatic rings. The van der Waals surface area contributed by atoms with E-state index in [0.717, 1.165) is 4.31 Å². The van der Waals surface area contributed by atoms with Crippen molar-refractivity contribution in [2.24, 2.45) is 0 Å². The van der Waals surface area contributed by atoms with Crippen molar-refractivity contribution >= 4 is 33.3 Å². The highest BCUT2D eigenvalue weighted by molar-refractivity contribution is 7.90. The Labute approximate surface area is 158 Å². The highest BCUT2D eigenvalue weighted by Crippen LogP contribution is 2.37. The van der Waals surface area contributed by atoms with Crippen molar-refractivity contribution in [3.05, 3.63) is 53.1 Å². The summed E-state index contributed by atoms with van der Waals surface area (Å²) in [5, 5.41) is 0.543. The molecule has 0 unspecified atom stereocenters. The Bertz CT molecular complexity index is 942. The maximum atomic E-state index is 13.0. The van der Waals surface area contributed by atoms with Gasteiger partial charge in [-0.2, -0.15) is 0 Å². The molecule has 1 aliphatic heterocycles. The summed E-state index contributed by atoms with van der Waals surface area (Å²) in [5.74, 6) is 0.514. The van der Waals surface area contributed by atoms with Crippen LogP contribution in [0.3, 0.4) is 0 Å². The number of carbonyl (C=O) groups is 1. The van der Waals surface area contributed by atoms with Crippen molar-refractivity contribution < 1.29 is 17.9 Å². The molecule has 8 heteroatoms. The number of amides is 2. The average Bonchev–Trinajstić information content (AvgIpc) is 2.58. The number of rotatable bonds is 4. The van der Waals surface area contributed by atoms with Crippen molar-refractivity contribution in [3.63, 3.8) is 0 Å². The maximum Gasteiger partial charge on any atom is 0.338 e. The van der Waals surface area contributed by atoms with E-state index in [0.29, 0.717) is 22.0 Å². The van der Waals surface area contributed by atoms with Crippen LogP contribution in [0.4, 0.5) is 10.5 Å². The van der Waals surface area contributed by atoms with Gasteiger partial charge in [0.1, 0.15) is 10.6 Å². The molecule has 1 heterocycles. The number of ether oxygens (including phenoxy) is 1. The number of benzene rings is 2. The Kier molecular flexibility index (Phi) is 4.86. The lowest BCUT2D eigenvalue weighted by Gasteiger charge is -2.34. The number of urea groups is 1. The summed E-state index contributed by atoms with van der Waals surface area (Å²) < 4.78 is 32.4. The monoisotopic (exact) mass is 394 g/mol. The number of fused-ring (bicyclic) bond motifs is 1. The molecule has 0 radical (unpaired) electrons. The first-order chi connectivity index (χ1) is 12.2. The third kappa shape index (κ3) is 3.37. The topological polar surface area (TPSA) is 66.9 Å². The molecule has 0 fully saturated rings. The van der Waals surface area contributed by atoms with Gasteiger partial charge in [0.25, 0.3) is 10.0 Å². The van der Waals surface area contributed by atoms with E-state index < -0.39 is 16.1 Å². The summed E-state index contributed by atoms with van der Waals surface area (Å²) in [7, 11) is -2.42. The summed E-state index contributed by atoms with van der Waals surface area (Å²) in [4.78, 5) is 14.1. The van der Waals surface area contributed by atoms with Gasteiger partial charge in [-0.15, -0.1) is 0 Å². The van der Waals surface area contributed by atoms with E-state index in [-0.39, 0.29) is 17.5 Å². The fraction of sp³-hybridized carbons (Fsp3) is 0.278. The van der Waals surface area contributed by atoms with E-state index in [1.807, 2.05) is 13.8 Å². The van der Waals surface area contributed by atoms with Gasteiger partial charge >= 0.3 is 6.03 Å². The Balaban J connectivity index is 2.01. The molecule has 0 N–H and O–H groups in total. The molecule has 26 heavy (non-hydrogen) atoms. The maximum absolute atomic E-state index is 13.0. The van der Waals surface area contributed by atoms with E-state index in [4.69, 9.17) is 16.3 Å². The van der Waals surface area contributed by atoms with Gasteiger partial charge < -0.3 is 4.74 Å². The second kappa shape index (κ2) is 6.81.